The van der Waals surface area contributed by atoms with Crippen molar-refractivity contribution in [2.24, 2.45) is 5.10 Å². The molecule has 138 valence electrons. The van der Waals surface area contributed by atoms with Gasteiger partial charge in [-0.05, 0) is 36.8 Å². The fraction of sp³-hybridized carbons (Fsp3) is 0.158. The van der Waals surface area contributed by atoms with Crippen LogP contribution in [0.4, 0.5) is 10.8 Å². The zero-order valence-corrected chi connectivity index (χ0v) is 15.7. The molecule has 3 aromatic rings. The van der Waals surface area contributed by atoms with Gasteiger partial charge in [-0.2, -0.15) is 5.10 Å². The van der Waals surface area contributed by atoms with Crippen molar-refractivity contribution in [2.45, 2.75) is 19.9 Å². The average molecular weight is 381 g/mol. The SMILES string of the molecule is CC(=O)Nc1ccc(/C=N\NC(=O)[C@H](C)Nc2nc3ccccc3s2)cc1. The first-order valence-electron chi connectivity index (χ1n) is 8.34. The molecule has 1 aromatic heterocycles. The number of carbonyl (C=O) groups is 2. The van der Waals surface area contributed by atoms with E-state index in [4.69, 9.17) is 0 Å². The van der Waals surface area contributed by atoms with Gasteiger partial charge in [0.25, 0.3) is 5.91 Å². The molecule has 0 bridgehead atoms. The molecule has 3 N–H and O–H groups in total. The van der Waals surface area contributed by atoms with E-state index in [2.05, 4.69) is 26.1 Å². The maximum atomic E-state index is 12.2. The minimum Gasteiger partial charge on any atom is -0.350 e. The molecule has 0 spiro atoms. The third kappa shape index (κ3) is 5.11. The quantitative estimate of drug-likeness (QED) is 0.451. The number of anilines is 2. The first-order chi connectivity index (χ1) is 13.0. The second-order valence-electron chi connectivity index (χ2n) is 5.89. The number of para-hydroxylation sites is 1. The summed E-state index contributed by atoms with van der Waals surface area (Å²) in [5.41, 5.74) is 4.92. The van der Waals surface area contributed by atoms with Gasteiger partial charge in [-0.25, -0.2) is 10.4 Å². The predicted octanol–water partition coefficient (Wildman–Crippen LogP) is 3.21. The fourth-order valence-electron chi connectivity index (χ4n) is 2.31. The molecule has 0 aliphatic heterocycles. The lowest BCUT2D eigenvalue weighted by atomic mass is 10.2. The van der Waals surface area contributed by atoms with Gasteiger partial charge in [0.1, 0.15) is 6.04 Å². The minimum absolute atomic E-state index is 0.127. The summed E-state index contributed by atoms with van der Waals surface area (Å²) < 4.78 is 1.06. The zero-order chi connectivity index (χ0) is 19.2. The number of carbonyl (C=O) groups excluding carboxylic acids is 2. The average Bonchev–Trinajstić information content (AvgIpc) is 3.04. The first kappa shape index (κ1) is 18.5. The van der Waals surface area contributed by atoms with Crippen LogP contribution in [0.5, 0.6) is 0 Å². The van der Waals surface area contributed by atoms with Gasteiger partial charge in [0.15, 0.2) is 5.13 Å². The molecule has 8 heteroatoms. The van der Waals surface area contributed by atoms with Gasteiger partial charge in [0, 0.05) is 12.6 Å². The van der Waals surface area contributed by atoms with Gasteiger partial charge in [-0.1, -0.05) is 35.6 Å². The molecule has 0 saturated carbocycles. The van der Waals surface area contributed by atoms with Crippen molar-refractivity contribution in [3.8, 4) is 0 Å². The Balaban J connectivity index is 1.53. The summed E-state index contributed by atoms with van der Waals surface area (Å²) in [6.07, 6.45) is 1.54. The summed E-state index contributed by atoms with van der Waals surface area (Å²) in [6.45, 7) is 3.20. The number of benzene rings is 2. The van der Waals surface area contributed by atoms with E-state index in [1.54, 1.807) is 37.4 Å². The molecule has 0 aliphatic carbocycles. The molecule has 2 amide bonds. The number of aromatic nitrogens is 1. The lowest BCUT2D eigenvalue weighted by molar-refractivity contribution is -0.121. The van der Waals surface area contributed by atoms with Gasteiger partial charge < -0.3 is 10.6 Å². The maximum absolute atomic E-state index is 12.2. The molecule has 0 fully saturated rings. The van der Waals surface area contributed by atoms with Crippen molar-refractivity contribution < 1.29 is 9.59 Å². The maximum Gasteiger partial charge on any atom is 0.262 e. The molecular formula is C19H19N5O2S. The molecule has 0 aliphatic rings. The van der Waals surface area contributed by atoms with E-state index in [0.717, 1.165) is 15.8 Å². The Morgan fingerprint density at radius 1 is 1.15 bits per heavy atom. The predicted molar refractivity (Wildman–Crippen MR) is 109 cm³/mol. The van der Waals surface area contributed by atoms with Crippen molar-refractivity contribution in [3.05, 3.63) is 54.1 Å². The standard InChI is InChI=1S/C19H19N5O2S/c1-12(21-19-23-16-5-3-4-6-17(16)27-19)18(26)24-20-11-14-7-9-15(10-8-14)22-13(2)25/h3-12H,1-2H3,(H,21,23)(H,22,25)(H,24,26)/b20-11-/t12-/m0/s1. The number of hydrazone groups is 1. The van der Waals surface area contributed by atoms with E-state index in [9.17, 15) is 9.59 Å². The number of rotatable bonds is 6. The molecule has 7 nitrogen and oxygen atoms in total. The first-order valence-corrected chi connectivity index (χ1v) is 9.15. The highest BCUT2D eigenvalue weighted by Crippen LogP contribution is 2.25. The van der Waals surface area contributed by atoms with E-state index in [-0.39, 0.29) is 11.8 Å². The van der Waals surface area contributed by atoms with Crippen LogP contribution in [0.3, 0.4) is 0 Å². The number of amides is 2. The number of nitrogens with zero attached hydrogens (tertiary/aromatic N) is 2. The van der Waals surface area contributed by atoms with Gasteiger partial charge in [0.05, 0.1) is 16.4 Å². The molecule has 0 radical (unpaired) electrons. The summed E-state index contributed by atoms with van der Waals surface area (Å²) >= 11 is 1.50. The van der Waals surface area contributed by atoms with E-state index >= 15 is 0 Å². The van der Waals surface area contributed by atoms with Crippen LogP contribution < -0.4 is 16.1 Å². The van der Waals surface area contributed by atoms with Crippen LogP contribution in [0, 0.1) is 0 Å². The number of hydrogen-bond acceptors (Lipinski definition) is 6. The lowest BCUT2D eigenvalue weighted by Crippen LogP contribution is -2.34. The van der Waals surface area contributed by atoms with Crippen molar-refractivity contribution in [1.29, 1.82) is 0 Å². The van der Waals surface area contributed by atoms with Crippen LogP contribution in [-0.4, -0.2) is 29.1 Å². The second kappa shape index (κ2) is 8.41. The monoisotopic (exact) mass is 381 g/mol. The van der Waals surface area contributed by atoms with Crippen LogP contribution in [0.25, 0.3) is 10.2 Å². The molecule has 1 atom stereocenters. The van der Waals surface area contributed by atoms with Gasteiger partial charge in [-0.15, -0.1) is 0 Å². The van der Waals surface area contributed by atoms with Crippen LogP contribution in [0.2, 0.25) is 0 Å². The third-order valence-corrected chi connectivity index (χ3v) is 4.61. The van der Waals surface area contributed by atoms with Crippen LogP contribution >= 0.6 is 11.3 Å². The molecule has 3 rings (SSSR count). The Bertz CT molecular complexity index is 948. The number of fused-ring (bicyclic) bond motifs is 1. The van der Waals surface area contributed by atoms with Crippen LogP contribution in [-0.2, 0) is 9.59 Å². The summed E-state index contributed by atoms with van der Waals surface area (Å²) in [6, 6.07) is 14.5. The van der Waals surface area contributed by atoms with E-state index in [1.165, 1.54) is 18.3 Å². The summed E-state index contributed by atoms with van der Waals surface area (Å²) in [5.74, 6) is -0.390. The highest BCUT2D eigenvalue weighted by Gasteiger charge is 2.14. The van der Waals surface area contributed by atoms with Crippen LogP contribution in [0.15, 0.2) is 53.6 Å². The molecule has 2 aromatic carbocycles. The smallest absolute Gasteiger partial charge is 0.262 e. The van der Waals surface area contributed by atoms with Crippen molar-refractivity contribution in [2.75, 3.05) is 10.6 Å². The normalized spacial score (nSPS) is 12.1. The third-order valence-electron chi connectivity index (χ3n) is 3.65. The molecule has 0 unspecified atom stereocenters. The molecule has 1 heterocycles. The Morgan fingerprint density at radius 3 is 2.59 bits per heavy atom. The van der Waals surface area contributed by atoms with E-state index in [0.29, 0.717) is 10.8 Å². The van der Waals surface area contributed by atoms with Crippen LogP contribution in [0.1, 0.15) is 19.4 Å². The summed E-state index contributed by atoms with van der Waals surface area (Å²) in [4.78, 5) is 27.6. The fourth-order valence-corrected chi connectivity index (χ4v) is 3.26. The number of hydrogen-bond donors (Lipinski definition) is 3. The molecule has 27 heavy (non-hydrogen) atoms. The highest BCUT2D eigenvalue weighted by atomic mass is 32.1. The summed E-state index contributed by atoms with van der Waals surface area (Å²) in [7, 11) is 0. The Morgan fingerprint density at radius 2 is 1.89 bits per heavy atom. The van der Waals surface area contributed by atoms with Gasteiger partial charge in [-0.3, -0.25) is 9.59 Å². The lowest BCUT2D eigenvalue weighted by Gasteiger charge is -2.10. The van der Waals surface area contributed by atoms with Gasteiger partial charge in [0.2, 0.25) is 5.91 Å². The number of thiazole rings is 1. The van der Waals surface area contributed by atoms with Gasteiger partial charge >= 0.3 is 0 Å². The Hall–Kier alpha value is -3.26. The second-order valence-corrected chi connectivity index (χ2v) is 6.92. The number of nitrogens with one attached hydrogen (secondary N) is 3. The van der Waals surface area contributed by atoms with E-state index < -0.39 is 6.04 Å². The van der Waals surface area contributed by atoms with E-state index in [1.807, 2.05) is 24.3 Å². The molecule has 0 saturated heterocycles. The molecular weight excluding hydrogens is 362 g/mol. The largest absolute Gasteiger partial charge is 0.350 e. The minimum atomic E-state index is -0.482. The highest BCUT2D eigenvalue weighted by molar-refractivity contribution is 7.22. The zero-order valence-electron chi connectivity index (χ0n) is 14.9. The summed E-state index contributed by atoms with van der Waals surface area (Å²) in [5, 5.41) is 10.4. The van der Waals surface area contributed by atoms with Crippen molar-refractivity contribution in [1.82, 2.24) is 10.4 Å². The van der Waals surface area contributed by atoms with Crippen molar-refractivity contribution >= 4 is 50.4 Å². The Kier molecular flexibility index (Phi) is 5.77. The van der Waals surface area contributed by atoms with Crippen molar-refractivity contribution in [3.63, 3.8) is 0 Å². The topological polar surface area (TPSA) is 95.5 Å². The Labute approximate surface area is 160 Å².